The average Bonchev–Trinajstić information content (AvgIpc) is 2.99. The molecule has 0 radical (unpaired) electrons. The zero-order chi connectivity index (χ0) is 30.7. The van der Waals surface area contributed by atoms with Crippen molar-refractivity contribution in [3.8, 4) is 28.0 Å². The normalized spacial score (nSPS) is 17.4. The Morgan fingerprint density at radius 1 is 0.698 bits per heavy atom. The lowest BCUT2D eigenvalue weighted by molar-refractivity contribution is -0.185. The van der Waals surface area contributed by atoms with Crippen molar-refractivity contribution in [3.63, 3.8) is 0 Å². The Labute approximate surface area is 245 Å². The van der Waals surface area contributed by atoms with Crippen molar-refractivity contribution in [2.45, 2.75) is 51.1 Å². The number of benzene rings is 4. The van der Waals surface area contributed by atoms with Crippen molar-refractivity contribution in [3.05, 3.63) is 125 Å². The van der Waals surface area contributed by atoms with E-state index in [9.17, 15) is 22.0 Å². The molecule has 0 aromatic heterocycles. The molecule has 0 unspecified atom stereocenters. The highest BCUT2D eigenvalue weighted by molar-refractivity contribution is 5.72. The largest absolute Gasteiger partial charge is 0.429 e. The van der Waals surface area contributed by atoms with E-state index in [1.165, 1.54) is 24.3 Å². The second-order valence-corrected chi connectivity index (χ2v) is 10.8. The molecule has 0 saturated heterocycles. The first kappa shape index (κ1) is 30.4. The summed E-state index contributed by atoms with van der Waals surface area (Å²) >= 11 is 0. The summed E-state index contributed by atoms with van der Waals surface area (Å²) in [6.45, 7) is 2.10. The van der Waals surface area contributed by atoms with Gasteiger partial charge in [0.05, 0.1) is 5.56 Å². The highest BCUT2D eigenvalue weighted by atomic mass is 19.3. The standard InChI is InChI=1S/C35H29F7O/c1-2-3-4-21-5-7-22(8-6-21)23-9-12-26(13-10-23)35(41,42)43-27-14-16-28(31(37)20-27)24-11-15-29(30(36)17-24)25-18-32(38)34(40)33(39)19-25/h3-4,9-22H,2,5-8H2,1H3. The van der Waals surface area contributed by atoms with E-state index in [-0.39, 0.29) is 27.8 Å². The summed E-state index contributed by atoms with van der Waals surface area (Å²) in [7, 11) is 0. The highest BCUT2D eigenvalue weighted by Gasteiger charge is 2.35. The van der Waals surface area contributed by atoms with Gasteiger partial charge < -0.3 is 4.74 Å². The van der Waals surface area contributed by atoms with Gasteiger partial charge in [0.25, 0.3) is 0 Å². The number of allylic oxidation sites excluding steroid dienone is 2. The van der Waals surface area contributed by atoms with Gasteiger partial charge in [0.1, 0.15) is 17.4 Å². The second-order valence-electron chi connectivity index (χ2n) is 10.8. The molecule has 1 fully saturated rings. The fraction of sp³-hybridized carbons (Fsp3) is 0.257. The summed E-state index contributed by atoms with van der Waals surface area (Å²) in [6.07, 6.45) is 5.84. The summed E-state index contributed by atoms with van der Waals surface area (Å²) in [5, 5.41) is 0. The van der Waals surface area contributed by atoms with Crippen molar-refractivity contribution < 1.29 is 35.5 Å². The highest BCUT2D eigenvalue weighted by Crippen LogP contribution is 2.39. The minimum atomic E-state index is -3.73. The summed E-state index contributed by atoms with van der Waals surface area (Å²) in [6, 6.07) is 13.8. The smallest absolute Gasteiger partial charge is 0.426 e. The van der Waals surface area contributed by atoms with Gasteiger partial charge in [0, 0.05) is 17.2 Å². The molecule has 1 saturated carbocycles. The van der Waals surface area contributed by atoms with Gasteiger partial charge in [0.15, 0.2) is 17.5 Å². The van der Waals surface area contributed by atoms with Crippen molar-refractivity contribution in [2.24, 2.45) is 5.92 Å². The maximum Gasteiger partial charge on any atom is 0.426 e. The zero-order valence-electron chi connectivity index (χ0n) is 23.3. The molecular weight excluding hydrogens is 569 g/mol. The van der Waals surface area contributed by atoms with Gasteiger partial charge in [-0.1, -0.05) is 43.3 Å². The monoisotopic (exact) mass is 598 g/mol. The first-order chi connectivity index (χ1) is 20.6. The summed E-state index contributed by atoms with van der Waals surface area (Å²) in [5.41, 5.74) is 0.0944. The molecule has 43 heavy (non-hydrogen) atoms. The molecule has 1 nitrogen and oxygen atoms in total. The van der Waals surface area contributed by atoms with Gasteiger partial charge in [-0.2, -0.15) is 8.78 Å². The van der Waals surface area contributed by atoms with E-state index in [0.717, 1.165) is 61.9 Å². The van der Waals surface area contributed by atoms with Gasteiger partial charge in [-0.15, -0.1) is 0 Å². The van der Waals surface area contributed by atoms with Crippen LogP contribution < -0.4 is 4.74 Å². The topological polar surface area (TPSA) is 9.23 Å². The number of hydrogen-bond acceptors (Lipinski definition) is 1. The van der Waals surface area contributed by atoms with Crippen molar-refractivity contribution >= 4 is 0 Å². The fourth-order valence-electron chi connectivity index (χ4n) is 5.55. The second kappa shape index (κ2) is 12.7. The Morgan fingerprint density at radius 3 is 1.88 bits per heavy atom. The van der Waals surface area contributed by atoms with E-state index in [1.807, 2.05) is 0 Å². The van der Waals surface area contributed by atoms with Crippen molar-refractivity contribution in [1.29, 1.82) is 0 Å². The molecule has 0 atom stereocenters. The van der Waals surface area contributed by atoms with Crippen LogP contribution in [-0.4, -0.2) is 0 Å². The van der Waals surface area contributed by atoms with Crippen molar-refractivity contribution in [2.75, 3.05) is 0 Å². The lowest BCUT2D eigenvalue weighted by Gasteiger charge is -2.27. The summed E-state index contributed by atoms with van der Waals surface area (Å²) < 4.78 is 105. The number of ether oxygens (including phenoxy) is 1. The van der Waals surface area contributed by atoms with Crippen LogP contribution in [0.2, 0.25) is 0 Å². The molecule has 8 heteroatoms. The third kappa shape index (κ3) is 6.79. The molecule has 0 bridgehead atoms. The van der Waals surface area contributed by atoms with Gasteiger partial charge in [-0.3, -0.25) is 0 Å². The van der Waals surface area contributed by atoms with E-state index in [2.05, 4.69) is 19.1 Å². The van der Waals surface area contributed by atoms with Gasteiger partial charge in [-0.25, -0.2) is 22.0 Å². The molecule has 0 spiro atoms. The Kier molecular flexibility index (Phi) is 8.95. The Balaban J connectivity index is 1.27. The Morgan fingerprint density at radius 2 is 1.28 bits per heavy atom. The van der Waals surface area contributed by atoms with Gasteiger partial charge in [0.2, 0.25) is 0 Å². The molecule has 1 aliphatic carbocycles. The van der Waals surface area contributed by atoms with E-state index in [4.69, 9.17) is 4.74 Å². The van der Waals surface area contributed by atoms with E-state index in [0.29, 0.717) is 24.0 Å². The predicted molar refractivity (Wildman–Crippen MR) is 152 cm³/mol. The quantitative estimate of drug-likeness (QED) is 0.111. The molecule has 0 heterocycles. The number of halogens is 7. The number of alkyl halides is 2. The molecule has 1 aliphatic rings. The summed E-state index contributed by atoms with van der Waals surface area (Å²) in [4.78, 5) is 0. The molecule has 4 aromatic carbocycles. The van der Waals surface area contributed by atoms with Crippen LogP contribution in [0.1, 0.15) is 56.1 Å². The van der Waals surface area contributed by atoms with Gasteiger partial charge in [-0.05, 0) is 103 Å². The van der Waals surface area contributed by atoms with Crippen LogP contribution in [0.3, 0.4) is 0 Å². The average molecular weight is 599 g/mol. The van der Waals surface area contributed by atoms with Crippen LogP contribution >= 0.6 is 0 Å². The fourth-order valence-corrected chi connectivity index (χ4v) is 5.55. The lowest BCUT2D eigenvalue weighted by Crippen LogP contribution is -2.22. The van der Waals surface area contributed by atoms with Gasteiger partial charge >= 0.3 is 6.11 Å². The first-order valence-electron chi connectivity index (χ1n) is 14.1. The van der Waals surface area contributed by atoms with Crippen LogP contribution in [0.4, 0.5) is 30.7 Å². The maximum absolute atomic E-state index is 15.0. The zero-order valence-corrected chi connectivity index (χ0v) is 23.3. The van der Waals surface area contributed by atoms with E-state index < -0.39 is 40.9 Å². The third-order valence-electron chi connectivity index (χ3n) is 7.90. The molecular formula is C35H29F7O. The first-order valence-corrected chi connectivity index (χ1v) is 14.1. The van der Waals surface area contributed by atoms with Crippen LogP contribution in [0.5, 0.6) is 5.75 Å². The maximum atomic E-state index is 15.0. The number of rotatable bonds is 8. The van der Waals surface area contributed by atoms with Crippen LogP contribution in [0.15, 0.2) is 84.9 Å². The SMILES string of the molecule is CCC=CC1CCC(c2ccc(C(F)(F)Oc3ccc(-c4ccc(-c5cc(F)c(F)c(F)c5)c(F)c4)c(F)c3)cc2)CC1. The third-order valence-corrected chi connectivity index (χ3v) is 7.90. The lowest BCUT2D eigenvalue weighted by atomic mass is 9.78. The number of hydrogen-bond donors (Lipinski definition) is 0. The molecule has 5 rings (SSSR count). The molecule has 0 N–H and O–H groups in total. The molecule has 4 aromatic rings. The predicted octanol–water partition coefficient (Wildman–Crippen LogP) is 11.1. The summed E-state index contributed by atoms with van der Waals surface area (Å²) in [5.74, 6) is -6.08. The van der Waals surface area contributed by atoms with E-state index >= 15 is 8.78 Å². The van der Waals surface area contributed by atoms with Crippen LogP contribution in [0.25, 0.3) is 22.3 Å². The minimum Gasteiger partial charge on any atom is -0.429 e. The van der Waals surface area contributed by atoms with E-state index in [1.54, 1.807) is 12.1 Å². The van der Waals surface area contributed by atoms with Crippen molar-refractivity contribution in [1.82, 2.24) is 0 Å². The molecule has 0 aliphatic heterocycles. The minimum absolute atomic E-state index is 0.0473. The Bertz CT molecular complexity index is 1600. The van der Waals surface area contributed by atoms with Crippen LogP contribution in [-0.2, 0) is 6.11 Å². The molecule has 0 amide bonds. The molecule has 224 valence electrons. The van der Waals surface area contributed by atoms with Crippen LogP contribution in [0, 0.1) is 35.0 Å². The Hall–Kier alpha value is -4.07.